The quantitative estimate of drug-likeness (QED) is 0.842. The summed E-state index contributed by atoms with van der Waals surface area (Å²) in [6, 6.07) is 9.13. The van der Waals surface area contributed by atoms with Gasteiger partial charge in [0, 0.05) is 10.6 Å². The van der Waals surface area contributed by atoms with Crippen molar-refractivity contribution in [2.75, 3.05) is 0 Å². The van der Waals surface area contributed by atoms with Gasteiger partial charge in [-0.25, -0.2) is 9.97 Å². The van der Waals surface area contributed by atoms with E-state index in [1.165, 1.54) is 11.8 Å². The van der Waals surface area contributed by atoms with Crippen LogP contribution in [0, 0.1) is 0 Å². The second kappa shape index (κ2) is 5.19. The van der Waals surface area contributed by atoms with Crippen LogP contribution in [0.4, 0.5) is 0 Å². The Kier molecular flexibility index (Phi) is 3.64. The van der Waals surface area contributed by atoms with Crippen molar-refractivity contribution >= 4 is 11.8 Å². The van der Waals surface area contributed by atoms with Crippen LogP contribution >= 0.6 is 11.8 Å². The largest absolute Gasteiger partial charge is 0.508 e. The number of benzene rings is 1. The Morgan fingerprint density at radius 1 is 1.18 bits per heavy atom. The Morgan fingerprint density at radius 3 is 2.71 bits per heavy atom. The third kappa shape index (κ3) is 3.20. The van der Waals surface area contributed by atoms with Crippen LogP contribution in [-0.4, -0.2) is 15.1 Å². The lowest BCUT2D eigenvalue weighted by Crippen LogP contribution is -1.93. The van der Waals surface area contributed by atoms with E-state index in [2.05, 4.69) is 23.8 Å². The molecule has 1 aromatic carbocycles. The molecule has 0 saturated heterocycles. The standard InChI is InChI=1S/C13H14N2OS/c1-9(2)12-7-13(15-8-14-12)17-11-5-3-4-10(16)6-11/h3-9,16H,1-2H3. The molecule has 0 aliphatic rings. The van der Waals surface area contributed by atoms with Gasteiger partial charge in [-0.3, -0.25) is 0 Å². The number of phenolic OH excluding ortho intramolecular Hbond substituents is 1. The molecule has 0 unspecified atom stereocenters. The van der Waals surface area contributed by atoms with Gasteiger partial charge in [0.05, 0.1) is 0 Å². The number of rotatable bonds is 3. The number of aromatic nitrogens is 2. The van der Waals surface area contributed by atoms with E-state index in [1.54, 1.807) is 18.5 Å². The van der Waals surface area contributed by atoms with E-state index in [0.717, 1.165) is 15.6 Å². The van der Waals surface area contributed by atoms with Crippen LogP contribution in [0.3, 0.4) is 0 Å². The summed E-state index contributed by atoms with van der Waals surface area (Å²) in [5, 5.41) is 10.3. The topological polar surface area (TPSA) is 46.0 Å². The van der Waals surface area contributed by atoms with Crippen LogP contribution in [-0.2, 0) is 0 Å². The summed E-state index contributed by atoms with van der Waals surface area (Å²) in [5.74, 6) is 0.662. The molecule has 88 valence electrons. The number of hydrogen-bond acceptors (Lipinski definition) is 4. The maximum Gasteiger partial charge on any atom is 0.116 e. The molecule has 4 heteroatoms. The molecule has 2 rings (SSSR count). The van der Waals surface area contributed by atoms with Crippen molar-refractivity contribution in [1.82, 2.24) is 9.97 Å². The lowest BCUT2D eigenvalue weighted by atomic mass is 10.1. The number of hydrogen-bond donors (Lipinski definition) is 1. The molecule has 1 heterocycles. The summed E-state index contributed by atoms with van der Waals surface area (Å²) in [4.78, 5) is 9.41. The van der Waals surface area contributed by atoms with Crippen LogP contribution in [0.15, 0.2) is 46.6 Å². The zero-order valence-corrected chi connectivity index (χ0v) is 10.6. The highest BCUT2D eigenvalue weighted by Crippen LogP contribution is 2.29. The van der Waals surface area contributed by atoms with Gasteiger partial charge in [0.15, 0.2) is 0 Å². The van der Waals surface area contributed by atoms with Crippen molar-refractivity contribution in [3.8, 4) is 5.75 Å². The Bertz CT molecular complexity index is 514. The van der Waals surface area contributed by atoms with E-state index in [4.69, 9.17) is 0 Å². The van der Waals surface area contributed by atoms with E-state index < -0.39 is 0 Å². The van der Waals surface area contributed by atoms with Crippen LogP contribution in [0.25, 0.3) is 0 Å². The van der Waals surface area contributed by atoms with Crippen molar-refractivity contribution in [2.24, 2.45) is 0 Å². The van der Waals surface area contributed by atoms with Crippen molar-refractivity contribution in [2.45, 2.75) is 29.7 Å². The molecule has 0 aliphatic carbocycles. The molecule has 1 N–H and O–H groups in total. The lowest BCUT2D eigenvalue weighted by molar-refractivity contribution is 0.474. The molecule has 0 amide bonds. The fraction of sp³-hybridized carbons (Fsp3) is 0.231. The number of nitrogens with zero attached hydrogens (tertiary/aromatic N) is 2. The van der Waals surface area contributed by atoms with Gasteiger partial charge in [-0.15, -0.1) is 0 Å². The highest BCUT2D eigenvalue weighted by Gasteiger charge is 2.04. The van der Waals surface area contributed by atoms with E-state index in [-0.39, 0.29) is 5.75 Å². The van der Waals surface area contributed by atoms with Crippen LogP contribution < -0.4 is 0 Å². The fourth-order valence-corrected chi connectivity index (χ4v) is 2.24. The second-order valence-corrected chi connectivity index (χ2v) is 5.13. The average Bonchev–Trinajstić information content (AvgIpc) is 2.29. The monoisotopic (exact) mass is 246 g/mol. The van der Waals surface area contributed by atoms with Crippen molar-refractivity contribution < 1.29 is 5.11 Å². The minimum atomic E-state index is 0.271. The highest BCUT2D eigenvalue weighted by atomic mass is 32.2. The Morgan fingerprint density at radius 2 is 2.00 bits per heavy atom. The maximum atomic E-state index is 9.39. The predicted molar refractivity (Wildman–Crippen MR) is 68.4 cm³/mol. The first-order valence-electron chi connectivity index (χ1n) is 5.44. The zero-order valence-electron chi connectivity index (χ0n) is 9.79. The third-order valence-corrected chi connectivity index (χ3v) is 3.22. The Hall–Kier alpha value is -1.55. The Balaban J connectivity index is 2.21. The summed E-state index contributed by atoms with van der Waals surface area (Å²) in [5.41, 5.74) is 1.03. The molecule has 0 bridgehead atoms. The maximum absolute atomic E-state index is 9.39. The van der Waals surface area contributed by atoms with Crippen LogP contribution in [0.2, 0.25) is 0 Å². The summed E-state index contributed by atoms with van der Waals surface area (Å²) in [6.07, 6.45) is 1.58. The fourth-order valence-electron chi connectivity index (χ4n) is 1.39. The predicted octanol–water partition coefficient (Wildman–Crippen LogP) is 3.46. The summed E-state index contributed by atoms with van der Waals surface area (Å²) in [6.45, 7) is 4.20. The first-order valence-corrected chi connectivity index (χ1v) is 6.25. The van der Waals surface area contributed by atoms with E-state index in [9.17, 15) is 5.11 Å². The first-order chi connectivity index (χ1) is 8.15. The molecule has 1 aromatic heterocycles. The first kappa shape index (κ1) is 11.9. The van der Waals surface area contributed by atoms with Gasteiger partial charge in [-0.2, -0.15) is 0 Å². The van der Waals surface area contributed by atoms with E-state index in [1.807, 2.05) is 18.2 Å². The molecule has 0 spiro atoms. The molecule has 0 aliphatic heterocycles. The zero-order chi connectivity index (χ0) is 12.3. The Labute approximate surface area is 105 Å². The molecule has 2 aromatic rings. The summed E-state index contributed by atoms with van der Waals surface area (Å²) < 4.78 is 0. The molecule has 3 nitrogen and oxygen atoms in total. The highest BCUT2D eigenvalue weighted by molar-refractivity contribution is 7.99. The van der Waals surface area contributed by atoms with Crippen molar-refractivity contribution in [3.05, 3.63) is 42.4 Å². The average molecular weight is 246 g/mol. The normalized spacial score (nSPS) is 10.8. The van der Waals surface area contributed by atoms with Gasteiger partial charge in [-0.1, -0.05) is 31.7 Å². The minimum Gasteiger partial charge on any atom is -0.508 e. The van der Waals surface area contributed by atoms with Crippen LogP contribution in [0.5, 0.6) is 5.75 Å². The minimum absolute atomic E-state index is 0.271. The number of phenols is 1. The molecule has 0 fully saturated rings. The molecular formula is C13H14N2OS. The van der Waals surface area contributed by atoms with Gasteiger partial charge in [0.1, 0.15) is 17.1 Å². The molecule has 17 heavy (non-hydrogen) atoms. The van der Waals surface area contributed by atoms with Gasteiger partial charge in [-0.05, 0) is 30.2 Å². The van der Waals surface area contributed by atoms with Crippen LogP contribution in [0.1, 0.15) is 25.5 Å². The molecule has 0 atom stereocenters. The van der Waals surface area contributed by atoms with Gasteiger partial charge in [0.25, 0.3) is 0 Å². The van der Waals surface area contributed by atoms with Crippen molar-refractivity contribution in [1.29, 1.82) is 0 Å². The second-order valence-electron chi connectivity index (χ2n) is 4.04. The SMILES string of the molecule is CC(C)c1cc(Sc2cccc(O)c2)ncn1. The number of aromatic hydroxyl groups is 1. The van der Waals surface area contributed by atoms with Gasteiger partial charge >= 0.3 is 0 Å². The third-order valence-electron chi connectivity index (χ3n) is 2.29. The van der Waals surface area contributed by atoms with Gasteiger partial charge < -0.3 is 5.11 Å². The van der Waals surface area contributed by atoms with Gasteiger partial charge in [0.2, 0.25) is 0 Å². The smallest absolute Gasteiger partial charge is 0.116 e. The summed E-state index contributed by atoms with van der Waals surface area (Å²) in [7, 11) is 0. The molecular weight excluding hydrogens is 232 g/mol. The van der Waals surface area contributed by atoms with Crippen molar-refractivity contribution in [3.63, 3.8) is 0 Å². The van der Waals surface area contributed by atoms with E-state index in [0.29, 0.717) is 5.92 Å². The molecule has 0 saturated carbocycles. The lowest BCUT2D eigenvalue weighted by Gasteiger charge is -2.06. The molecule has 0 radical (unpaired) electrons. The van der Waals surface area contributed by atoms with E-state index >= 15 is 0 Å². The summed E-state index contributed by atoms with van der Waals surface area (Å²) >= 11 is 1.52.